The van der Waals surface area contributed by atoms with E-state index in [0.717, 1.165) is 5.75 Å². The minimum absolute atomic E-state index is 0.219. The van der Waals surface area contributed by atoms with Crippen LogP contribution in [0.15, 0.2) is 42.5 Å². The molecule has 0 amide bonds. The summed E-state index contributed by atoms with van der Waals surface area (Å²) in [5.74, 6) is 1.71. The zero-order valence-electron chi connectivity index (χ0n) is 11.0. The van der Waals surface area contributed by atoms with Crippen LogP contribution < -0.4 is 4.74 Å². The Bertz CT molecular complexity index is 549. The van der Waals surface area contributed by atoms with E-state index in [-0.39, 0.29) is 11.7 Å². The number of hydrogen-bond donors (Lipinski definition) is 0. The molecule has 0 heterocycles. The van der Waals surface area contributed by atoms with Crippen molar-refractivity contribution in [3.05, 3.63) is 59.4 Å². The predicted molar refractivity (Wildman–Crippen MR) is 76.6 cm³/mol. The van der Waals surface area contributed by atoms with E-state index in [1.165, 1.54) is 17.7 Å². The quantitative estimate of drug-likeness (QED) is 0.673. The average Bonchev–Trinajstić information content (AvgIpc) is 2.41. The van der Waals surface area contributed by atoms with Crippen molar-refractivity contribution in [3.8, 4) is 11.5 Å². The molecule has 0 saturated heterocycles. The second-order valence-electron chi connectivity index (χ2n) is 4.71. The van der Waals surface area contributed by atoms with Crippen molar-refractivity contribution in [1.82, 2.24) is 0 Å². The molecule has 0 atom stereocenters. The van der Waals surface area contributed by atoms with Crippen molar-refractivity contribution in [2.75, 3.05) is 0 Å². The zero-order chi connectivity index (χ0) is 13.8. The molecule has 2 aromatic rings. The van der Waals surface area contributed by atoms with Gasteiger partial charge in [0.2, 0.25) is 0 Å². The Kier molecular flexibility index (Phi) is 4.43. The number of halogens is 2. The van der Waals surface area contributed by atoms with Crippen LogP contribution in [0.3, 0.4) is 0 Å². The van der Waals surface area contributed by atoms with Gasteiger partial charge in [0, 0.05) is 5.56 Å². The number of hydrogen-bond acceptors (Lipinski definition) is 1. The molecule has 0 unspecified atom stereocenters. The van der Waals surface area contributed by atoms with Gasteiger partial charge in [-0.1, -0.05) is 26.0 Å². The lowest BCUT2D eigenvalue weighted by Gasteiger charge is -2.11. The summed E-state index contributed by atoms with van der Waals surface area (Å²) in [5.41, 5.74) is 1.90. The summed E-state index contributed by atoms with van der Waals surface area (Å²) in [7, 11) is 0. The van der Waals surface area contributed by atoms with Crippen molar-refractivity contribution in [2.24, 2.45) is 0 Å². The first-order valence-electron chi connectivity index (χ1n) is 6.22. The van der Waals surface area contributed by atoms with Crippen LogP contribution in [-0.2, 0) is 5.88 Å². The maximum atomic E-state index is 13.1. The molecule has 0 aromatic heterocycles. The average molecular weight is 279 g/mol. The first kappa shape index (κ1) is 13.9. The van der Waals surface area contributed by atoms with Gasteiger partial charge in [0.15, 0.2) is 0 Å². The topological polar surface area (TPSA) is 9.23 Å². The van der Waals surface area contributed by atoms with Crippen LogP contribution in [0.1, 0.15) is 30.9 Å². The van der Waals surface area contributed by atoms with Gasteiger partial charge in [0.1, 0.15) is 17.3 Å². The second-order valence-corrected chi connectivity index (χ2v) is 4.98. The lowest BCUT2D eigenvalue weighted by Crippen LogP contribution is -1.92. The Morgan fingerprint density at radius 1 is 1.11 bits per heavy atom. The Labute approximate surface area is 118 Å². The maximum Gasteiger partial charge on any atom is 0.132 e. The molecule has 0 radical (unpaired) electrons. The van der Waals surface area contributed by atoms with Crippen molar-refractivity contribution in [3.63, 3.8) is 0 Å². The smallest absolute Gasteiger partial charge is 0.132 e. The van der Waals surface area contributed by atoms with Gasteiger partial charge in [0.25, 0.3) is 0 Å². The van der Waals surface area contributed by atoms with E-state index < -0.39 is 0 Å². The highest BCUT2D eigenvalue weighted by atomic mass is 35.5. The monoisotopic (exact) mass is 278 g/mol. The first-order valence-corrected chi connectivity index (χ1v) is 6.76. The summed E-state index contributed by atoms with van der Waals surface area (Å²) in [5, 5.41) is 0. The van der Waals surface area contributed by atoms with E-state index in [9.17, 15) is 4.39 Å². The van der Waals surface area contributed by atoms with Gasteiger partial charge in [-0.05, 0) is 41.8 Å². The Morgan fingerprint density at radius 3 is 2.37 bits per heavy atom. The summed E-state index contributed by atoms with van der Waals surface area (Å²) in [6, 6.07) is 12.3. The van der Waals surface area contributed by atoms with Gasteiger partial charge < -0.3 is 4.74 Å². The molecule has 0 bridgehead atoms. The number of ether oxygens (including phenoxy) is 1. The van der Waals surface area contributed by atoms with Gasteiger partial charge >= 0.3 is 0 Å². The van der Waals surface area contributed by atoms with Crippen LogP contribution in [-0.4, -0.2) is 0 Å². The molecule has 1 nitrogen and oxygen atoms in total. The van der Waals surface area contributed by atoms with Crippen molar-refractivity contribution in [2.45, 2.75) is 25.6 Å². The minimum Gasteiger partial charge on any atom is -0.457 e. The summed E-state index contributed by atoms with van der Waals surface area (Å²) in [4.78, 5) is 0. The largest absolute Gasteiger partial charge is 0.457 e. The van der Waals surface area contributed by atoms with Gasteiger partial charge in [-0.25, -0.2) is 4.39 Å². The highest BCUT2D eigenvalue weighted by molar-refractivity contribution is 6.17. The standard InChI is InChI=1S/C16H16ClFO/c1-11(2)12-3-6-15(7-4-12)19-16-8-5-14(18)9-13(16)10-17/h3-9,11H,10H2,1-2H3. The summed E-state index contributed by atoms with van der Waals surface area (Å²) in [6.45, 7) is 4.28. The van der Waals surface area contributed by atoms with E-state index in [1.807, 2.05) is 24.3 Å². The van der Waals surface area contributed by atoms with Crippen LogP contribution in [0.2, 0.25) is 0 Å². The van der Waals surface area contributed by atoms with Gasteiger partial charge in [0.05, 0.1) is 5.88 Å². The Balaban J connectivity index is 2.21. The maximum absolute atomic E-state index is 13.1. The third kappa shape index (κ3) is 3.48. The molecule has 0 N–H and O–H groups in total. The van der Waals surface area contributed by atoms with Gasteiger partial charge in [-0.2, -0.15) is 0 Å². The molecular formula is C16H16ClFO. The molecule has 0 aliphatic rings. The van der Waals surface area contributed by atoms with E-state index in [0.29, 0.717) is 17.2 Å². The molecule has 0 saturated carbocycles. The molecule has 19 heavy (non-hydrogen) atoms. The molecule has 0 aliphatic carbocycles. The highest BCUT2D eigenvalue weighted by Gasteiger charge is 2.06. The van der Waals surface area contributed by atoms with E-state index in [2.05, 4.69) is 13.8 Å². The summed E-state index contributed by atoms with van der Waals surface area (Å²) < 4.78 is 18.8. The molecule has 100 valence electrons. The number of rotatable bonds is 4. The van der Waals surface area contributed by atoms with E-state index in [1.54, 1.807) is 6.07 Å². The number of alkyl halides is 1. The van der Waals surface area contributed by atoms with Crippen LogP contribution in [0.5, 0.6) is 11.5 Å². The highest BCUT2D eigenvalue weighted by Crippen LogP contribution is 2.28. The fourth-order valence-electron chi connectivity index (χ4n) is 1.80. The van der Waals surface area contributed by atoms with Gasteiger partial charge in [-0.15, -0.1) is 11.6 Å². The lowest BCUT2D eigenvalue weighted by molar-refractivity contribution is 0.475. The number of benzene rings is 2. The van der Waals surface area contributed by atoms with Crippen LogP contribution in [0.4, 0.5) is 4.39 Å². The molecule has 0 fully saturated rings. The van der Waals surface area contributed by atoms with Gasteiger partial charge in [-0.3, -0.25) is 0 Å². The molecular weight excluding hydrogens is 263 g/mol. The molecule has 2 rings (SSSR count). The Hall–Kier alpha value is -1.54. The molecule has 0 spiro atoms. The second kappa shape index (κ2) is 6.07. The normalized spacial score (nSPS) is 10.8. The zero-order valence-corrected chi connectivity index (χ0v) is 11.7. The lowest BCUT2D eigenvalue weighted by atomic mass is 10.0. The predicted octanol–water partition coefficient (Wildman–Crippen LogP) is 5.48. The SMILES string of the molecule is CC(C)c1ccc(Oc2ccc(F)cc2CCl)cc1. The summed E-state index contributed by atoms with van der Waals surface area (Å²) in [6.07, 6.45) is 0. The fraction of sp³-hybridized carbons (Fsp3) is 0.250. The van der Waals surface area contributed by atoms with Crippen LogP contribution in [0.25, 0.3) is 0 Å². The molecule has 3 heteroatoms. The first-order chi connectivity index (χ1) is 9.10. The van der Waals surface area contributed by atoms with Crippen molar-refractivity contribution >= 4 is 11.6 Å². The summed E-state index contributed by atoms with van der Waals surface area (Å²) >= 11 is 5.79. The van der Waals surface area contributed by atoms with E-state index in [4.69, 9.17) is 16.3 Å². The van der Waals surface area contributed by atoms with Crippen molar-refractivity contribution < 1.29 is 9.13 Å². The fourth-order valence-corrected chi connectivity index (χ4v) is 2.01. The van der Waals surface area contributed by atoms with Crippen LogP contribution in [0, 0.1) is 5.82 Å². The molecule has 0 aliphatic heterocycles. The molecule has 2 aromatic carbocycles. The van der Waals surface area contributed by atoms with E-state index >= 15 is 0 Å². The van der Waals surface area contributed by atoms with Crippen molar-refractivity contribution in [1.29, 1.82) is 0 Å². The third-order valence-electron chi connectivity index (χ3n) is 2.94. The Morgan fingerprint density at radius 2 is 1.79 bits per heavy atom. The minimum atomic E-state index is -0.307. The third-order valence-corrected chi connectivity index (χ3v) is 3.23. The van der Waals surface area contributed by atoms with Crippen LogP contribution >= 0.6 is 11.6 Å².